The summed E-state index contributed by atoms with van der Waals surface area (Å²) >= 11 is 0. The van der Waals surface area contributed by atoms with Crippen molar-refractivity contribution in [3.63, 3.8) is 0 Å². The third kappa shape index (κ3) is 4.69. The Morgan fingerprint density at radius 3 is 2.92 bits per heavy atom. The lowest BCUT2D eigenvalue weighted by Crippen LogP contribution is -2.43. The van der Waals surface area contributed by atoms with Crippen LogP contribution in [0.5, 0.6) is 0 Å². The van der Waals surface area contributed by atoms with Gasteiger partial charge in [-0.05, 0) is 43.4 Å². The number of nitrogens with zero attached hydrogens (tertiary/aromatic N) is 4. The molecule has 1 aliphatic heterocycles. The molecule has 0 radical (unpaired) electrons. The summed E-state index contributed by atoms with van der Waals surface area (Å²) in [6.07, 6.45) is 4.64. The predicted molar refractivity (Wildman–Crippen MR) is 99.7 cm³/mol. The van der Waals surface area contributed by atoms with Gasteiger partial charge in [0.15, 0.2) is 0 Å². The van der Waals surface area contributed by atoms with Gasteiger partial charge in [-0.15, -0.1) is 0 Å². The first-order valence-electron chi connectivity index (χ1n) is 9.36. The number of likely N-dealkylation sites (tertiary alicyclic amines) is 1. The van der Waals surface area contributed by atoms with E-state index in [-0.39, 0.29) is 12.0 Å². The van der Waals surface area contributed by atoms with Crippen molar-refractivity contribution in [2.24, 2.45) is 13.0 Å². The van der Waals surface area contributed by atoms with Crippen molar-refractivity contribution in [2.75, 3.05) is 13.1 Å². The topological polar surface area (TPSA) is 60.3 Å². The highest BCUT2D eigenvalue weighted by molar-refractivity contribution is 5.92. The van der Waals surface area contributed by atoms with Crippen LogP contribution in [-0.4, -0.2) is 44.8 Å². The van der Waals surface area contributed by atoms with Crippen molar-refractivity contribution in [3.05, 3.63) is 47.5 Å². The molecule has 0 N–H and O–H groups in total. The van der Waals surface area contributed by atoms with Gasteiger partial charge in [-0.25, -0.2) is 0 Å². The Kier molecular flexibility index (Phi) is 6.04. The second kappa shape index (κ2) is 8.45. The molecule has 140 valence electrons. The average molecular weight is 356 g/mol. The van der Waals surface area contributed by atoms with Crippen LogP contribution < -0.4 is 0 Å². The molecular formula is C20H28N4O2. The molecule has 6 heteroatoms. The minimum atomic E-state index is 0.0427. The Hall–Kier alpha value is -2.21. The number of pyridine rings is 1. The number of carbonyl (C=O) groups is 1. The molecule has 0 spiro atoms. The lowest BCUT2D eigenvalue weighted by Gasteiger charge is -2.32. The quantitative estimate of drug-likeness (QED) is 0.798. The van der Waals surface area contributed by atoms with Crippen molar-refractivity contribution < 1.29 is 9.53 Å². The molecule has 3 rings (SSSR count). The molecule has 0 bridgehead atoms. The van der Waals surface area contributed by atoms with E-state index in [9.17, 15) is 4.79 Å². The van der Waals surface area contributed by atoms with Gasteiger partial charge in [0.1, 0.15) is 5.69 Å². The number of carbonyl (C=O) groups excluding carboxylic acids is 1. The minimum absolute atomic E-state index is 0.0427. The van der Waals surface area contributed by atoms with Gasteiger partial charge in [-0.2, -0.15) is 5.10 Å². The summed E-state index contributed by atoms with van der Waals surface area (Å²) in [6.45, 7) is 6.19. The number of aryl methyl sites for hydroxylation is 1. The SMILES string of the molecule is CC(C)Cc1cc(C(=O)N2CCC[C@H](OCc3ccccn3)C2)n(C)n1. The first kappa shape index (κ1) is 18.6. The summed E-state index contributed by atoms with van der Waals surface area (Å²) < 4.78 is 7.70. The number of ether oxygens (including phenoxy) is 1. The maximum absolute atomic E-state index is 12.9. The normalized spacial score (nSPS) is 17.7. The van der Waals surface area contributed by atoms with Gasteiger partial charge in [0.05, 0.1) is 24.1 Å². The van der Waals surface area contributed by atoms with Gasteiger partial charge in [0, 0.05) is 26.3 Å². The zero-order valence-corrected chi connectivity index (χ0v) is 15.9. The molecule has 2 aromatic heterocycles. The highest BCUT2D eigenvalue weighted by Gasteiger charge is 2.27. The molecule has 1 amide bonds. The van der Waals surface area contributed by atoms with Crippen molar-refractivity contribution in [3.8, 4) is 0 Å². The molecule has 0 aromatic carbocycles. The highest BCUT2D eigenvalue weighted by Crippen LogP contribution is 2.18. The first-order valence-corrected chi connectivity index (χ1v) is 9.36. The van der Waals surface area contributed by atoms with Crippen molar-refractivity contribution in [1.82, 2.24) is 19.7 Å². The maximum atomic E-state index is 12.9. The molecule has 1 fully saturated rings. The van der Waals surface area contributed by atoms with E-state index in [1.165, 1.54) is 0 Å². The third-order valence-corrected chi connectivity index (χ3v) is 4.63. The van der Waals surface area contributed by atoms with Crippen LogP contribution in [0, 0.1) is 5.92 Å². The number of amides is 1. The zero-order chi connectivity index (χ0) is 18.5. The van der Waals surface area contributed by atoms with Gasteiger partial charge < -0.3 is 9.64 Å². The molecule has 0 unspecified atom stereocenters. The summed E-state index contributed by atoms with van der Waals surface area (Å²) in [7, 11) is 1.84. The number of hydrogen-bond donors (Lipinski definition) is 0. The number of piperidine rings is 1. The predicted octanol–water partition coefficient (Wildman–Crippen LogP) is 2.84. The fourth-order valence-corrected chi connectivity index (χ4v) is 3.35. The fraction of sp³-hybridized carbons (Fsp3) is 0.550. The van der Waals surface area contributed by atoms with Crippen molar-refractivity contribution in [1.29, 1.82) is 0 Å². The Bertz CT molecular complexity index is 727. The van der Waals surface area contributed by atoms with E-state index >= 15 is 0 Å². The second-order valence-electron chi connectivity index (χ2n) is 7.39. The summed E-state index contributed by atoms with van der Waals surface area (Å²) in [6, 6.07) is 7.74. The number of aromatic nitrogens is 3. The molecule has 6 nitrogen and oxygen atoms in total. The molecule has 2 aromatic rings. The van der Waals surface area contributed by atoms with Crippen LogP contribution >= 0.6 is 0 Å². The molecule has 3 heterocycles. The molecular weight excluding hydrogens is 328 g/mol. The van der Waals surface area contributed by atoms with E-state index in [1.807, 2.05) is 36.2 Å². The highest BCUT2D eigenvalue weighted by atomic mass is 16.5. The smallest absolute Gasteiger partial charge is 0.272 e. The maximum Gasteiger partial charge on any atom is 0.272 e. The standard InChI is InChI=1S/C20H28N4O2/c1-15(2)11-17-12-19(23(3)22-17)20(25)24-10-6-8-18(13-24)26-14-16-7-4-5-9-21-16/h4-5,7,9,12,15,18H,6,8,10-11,13-14H2,1-3H3/t18-/m0/s1. The Labute approximate surface area is 155 Å². The van der Waals surface area contributed by atoms with E-state index in [2.05, 4.69) is 23.9 Å². The molecule has 1 atom stereocenters. The molecule has 0 aliphatic carbocycles. The fourth-order valence-electron chi connectivity index (χ4n) is 3.35. The van der Waals surface area contributed by atoms with Crippen LogP contribution in [0.25, 0.3) is 0 Å². The third-order valence-electron chi connectivity index (χ3n) is 4.63. The van der Waals surface area contributed by atoms with Crippen LogP contribution in [-0.2, 0) is 24.8 Å². The van der Waals surface area contributed by atoms with Crippen LogP contribution in [0.3, 0.4) is 0 Å². The van der Waals surface area contributed by atoms with Crippen LogP contribution in [0.1, 0.15) is 48.6 Å². The lowest BCUT2D eigenvalue weighted by molar-refractivity contribution is -0.00814. The largest absolute Gasteiger partial charge is 0.370 e. The van der Waals surface area contributed by atoms with E-state index in [4.69, 9.17) is 4.74 Å². The van der Waals surface area contributed by atoms with Crippen molar-refractivity contribution in [2.45, 2.75) is 45.8 Å². The number of rotatable bonds is 6. The monoisotopic (exact) mass is 356 g/mol. The zero-order valence-electron chi connectivity index (χ0n) is 15.9. The summed E-state index contributed by atoms with van der Waals surface area (Å²) in [5, 5.41) is 4.49. The van der Waals surface area contributed by atoms with E-state index in [0.717, 1.165) is 37.2 Å². The van der Waals surface area contributed by atoms with Crippen LogP contribution in [0.2, 0.25) is 0 Å². The molecule has 1 aliphatic rings. The Balaban J connectivity index is 1.60. The van der Waals surface area contributed by atoms with E-state index < -0.39 is 0 Å². The van der Waals surface area contributed by atoms with Crippen LogP contribution in [0.15, 0.2) is 30.5 Å². The molecule has 0 saturated carbocycles. The van der Waals surface area contributed by atoms with Gasteiger partial charge in [-0.3, -0.25) is 14.5 Å². The van der Waals surface area contributed by atoms with Gasteiger partial charge in [0.2, 0.25) is 0 Å². The Morgan fingerprint density at radius 2 is 2.19 bits per heavy atom. The Morgan fingerprint density at radius 1 is 1.35 bits per heavy atom. The summed E-state index contributed by atoms with van der Waals surface area (Å²) in [4.78, 5) is 19.1. The minimum Gasteiger partial charge on any atom is -0.370 e. The lowest BCUT2D eigenvalue weighted by atomic mass is 10.1. The number of hydrogen-bond acceptors (Lipinski definition) is 4. The van der Waals surface area contributed by atoms with Gasteiger partial charge in [-0.1, -0.05) is 19.9 Å². The second-order valence-corrected chi connectivity index (χ2v) is 7.39. The average Bonchev–Trinajstić information content (AvgIpc) is 3.00. The molecule has 26 heavy (non-hydrogen) atoms. The van der Waals surface area contributed by atoms with Gasteiger partial charge >= 0.3 is 0 Å². The van der Waals surface area contributed by atoms with Crippen LogP contribution in [0.4, 0.5) is 0 Å². The summed E-state index contributed by atoms with van der Waals surface area (Å²) in [5.74, 6) is 0.563. The van der Waals surface area contributed by atoms with Gasteiger partial charge in [0.25, 0.3) is 5.91 Å². The van der Waals surface area contributed by atoms with E-state index in [0.29, 0.717) is 24.8 Å². The molecule has 1 saturated heterocycles. The summed E-state index contributed by atoms with van der Waals surface area (Å²) in [5.41, 5.74) is 2.55. The van der Waals surface area contributed by atoms with E-state index in [1.54, 1.807) is 10.9 Å². The first-order chi connectivity index (χ1) is 12.5. The van der Waals surface area contributed by atoms with Crippen molar-refractivity contribution >= 4 is 5.91 Å².